The van der Waals surface area contributed by atoms with Crippen molar-refractivity contribution in [2.24, 2.45) is 0 Å². The second-order valence-electron chi connectivity index (χ2n) is 11.6. The first-order valence-corrected chi connectivity index (χ1v) is 15.6. The van der Waals surface area contributed by atoms with Gasteiger partial charge in [-0.05, 0) is 58.2 Å². The van der Waals surface area contributed by atoms with Crippen molar-refractivity contribution in [3.05, 3.63) is 176 Å². The lowest BCUT2D eigenvalue weighted by atomic mass is 9.66. The molecule has 0 N–H and O–H groups in total. The average Bonchev–Trinajstić information content (AvgIpc) is 3.73. The molecule has 1 spiro atoms. The standard InChI is InChI=1S/C39H19F4NO2S/c40-32-30-31(33(41)35(43)34(32)42)37(46)24(36(30)45)18-21-19-28-38(47-21)44(20-10-2-1-3-11-20)29-17-9-8-16-27(29)39(28)25-14-6-4-12-22(25)23-13-5-7-15-26(23)39/h1-19H. The number of carbonyl (C=O) groups is 2. The zero-order valence-corrected chi connectivity index (χ0v) is 25.0. The van der Waals surface area contributed by atoms with Crippen LogP contribution in [0.25, 0.3) is 17.2 Å². The second-order valence-corrected chi connectivity index (χ2v) is 12.7. The predicted octanol–water partition coefficient (Wildman–Crippen LogP) is 9.91. The molecule has 3 aliphatic rings. The van der Waals surface area contributed by atoms with Gasteiger partial charge in [-0.25, -0.2) is 17.6 Å². The van der Waals surface area contributed by atoms with Gasteiger partial charge in [0, 0.05) is 16.1 Å². The van der Waals surface area contributed by atoms with Gasteiger partial charge in [0.2, 0.25) is 11.6 Å². The molecular weight excluding hydrogens is 622 g/mol. The van der Waals surface area contributed by atoms with Crippen LogP contribution in [0.1, 0.15) is 47.8 Å². The normalized spacial score (nSPS) is 15.0. The predicted molar refractivity (Wildman–Crippen MR) is 173 cm³/mol. The Balaban J connectivity index is 1.34. The molecule has 3 nitrogen and oxygen atoms in total. The van der Waals surface area contributed by atoms with Crippen molar-refractivity contribution < 1.29 is 27.2 Å². The van der Waals surface area contributed by atoms with Crippen LogP contribution in [0.4, 0.5) is 33.9 Å². The Morgan fingerprint density at radius 3 is 1.68 bits per heavy atom. The third-order valence-electron chi connectivity index (χ3n) is 9.35. The Morgan fingerprint density at radius 1 is 0.574 bits per heavy atom. The van der Waals surface area contributed by atoms with Gasteiger partial charge < -0.3 is 4.90 Å². The van der Waals surface area contributed by atoms with E-state index in [0.29, 0.717) is 4.88 Å². The zero-order valence-electron chi connectivity index (χ0n) is 24.2. The van der Waals surface area contributed by atoms with Crippen LogP contribution in [0, 0.1) is 23.3 Å². The van der Waals surface area contributed by atoms with E-state index in [1.165, 1.54) is 17.4 Å². The first-order chi connectivity index (χ1) is 22.8. The number of fused-ring (bicyclic) bond motifs is 10. The first-order valence-electron chi connectivity index (χ1n) is 14.8. The second kappa shape index (κ2) is 9.70. The van der Waals surface area contributed by atoms with E-state index in [-0.39, 0.29) is 0 Å². The number of hydrogen-bond donors (Lipinski definition) is 0. The highest BCUT2D eigenvalue weighted by Crippen LogP contribution is 2.65. The lowest BCUT2D eigenvalue weighted by molar-refractivity contribution is 0.0988. The van der Waals surface area contributed by atoms with Crippen molar-refractivity contribution in [1.82, 2.24) is 0 Å². The highest BCUT2D eigenvalue weighted by molar-refractivity contribution is 7.17. The van der Waals surface area contributed by atoms with E-state index in [4.69, 9.17) is 0 Å². The van der Waals surface area contributed by atoms with E-state index < -0.39 is 57.0 Å². The number of carbonyl (C=O) groups excluding carboxylic acids is 2. The summed E-state index contributed by atoms with van der Waals surface area (Å²) in [5, 5.41) is 0.818. The molecule has 47 heavy (non-hydrogen) atoms. The largest absolute Gasteiger partial charge is 0.301 e. The van der Waals surface area contributed by atoms with E-state index in [9.17, 15) is 27.2 Å². The minimum atomic E-state index is -2.13. The molecule has 0 radical (unpaired) electrons. The summed E-state index contributed by atoms with van der Waals surface area (Å²) in [6.07, 6.45) is 1.27. The first kappa shape index (κ1) is 27.7. The molecule has 1 aliphatic heterocycles. The number of allylic oxidation sites excluding steroid dienone is 1. The van der Waals surface area contributed by atoms with Crippen molar-refractivity contribution in [2.75, 3.05) is 4.90 Å². The van der Waals surface area contributed by atoms with Crippen molar-refractivity contribution in [1.29, 1.82) is 0 Å². The summed E-state index contributed by atoms with van der Waals surface area (Å²) in [5.41, 5.74) is 4.50. The Labute approximate surface area is 269 Å². The van der Waals surface area contributed by atoms with Crippen LogP contribution in [-0.2, 0) is 5.41 Å². The molecule has 0 unspecified atom stereocenters. The van der Waals surface area contributed by atoms with Gasteiger partial charge in [0.1, 0.15) is 5.00 Å². The highest BCUT2D eigenvalue weighted by atomic mass is 32.1. The molecule has 2 heterocycles. The lowest BCUT2D eigenvalue weighted by Gasteiger charge is -2.43. The number of thiophene rings is 1. The highest BCUT2D eigenvalue weighted by Gasteiger charge is 2.52. The minimum Gasteiger partial charge on any atom is -0.301 e. The van der Waals surface area contributed by atoms with Gasteiger partial charge in [0.15, 0.2) is 23.3 Å². The monoisotopic (exact) mass is 641 g/mol. The number of halogens is 4. The van der Waals surface area contributed by atoms with E-state index in [1.807, 2.05) is 72.8 Å². The molecule has 226 valence electrons. The summed E-state index contributed by atoms with van der Waals surface area (Å²) < 4.78 is 57.8. The van der Waals surface area contributed by atoms with E-state index >= 15 is 0 Å². The van der Waals surface area contributed by atoms with Crippen molar-refractivity contribution in [3.63, 3.8) is 0 Å². The smallest absolute Gasteiger partial charge is 0.200 e. The molecule has 9 rings (SSSR count). The molecule has 8 heteroatoms. The molecule has 0 saturated carbocycles. The number of rotatable bonds is 2. The average molecular weight is 642 g/mol. The van der Waals surface area contributed by atoms with Crippen LogP contribution in [-0.4, -0.2) is 11.6 Å². The van der Waals surface area contributed by atoms with Crippen LogP contribution in [0.3, 0.4) is 0 Å². The third-order valence-corrected chi connectivity index (χ3v) is 10.4. The number of nitrogens with zero attached hydrogens (tertiary/aromatic N) is 1. The molecular formula is C39H19F4NO2S. The summed E-state index contributed by atoms with van der Waals surface area (Å²) in [7, 11) is 0. The zero-order chi connectivity index (χ0) is 32.2. The molecule has 0 saturated heterocycles. The van der Waals surface area contributed by atoms with Gasteiger partial charge in [0.05, 0.1) is 27.8 Å². The number of hydrogen-bond acceptors (Lipinski definition) is 4. The van der Waals surface area contributed by atoms with Gasteiger partial charge >= 0.3 is 0 Å². The molecule has 5 aromatic carbocycles. The minimum absolute atomic E-state index is 0.455. The van der Waals surface area contributed by atoms with Crippen molar-refractivity contribution in [3.8, 4) is 11.1 Å². The number of anilines is 3. The fraction of sp³-hybridized carbons (Fsp3) is 0.0256. The molecule has 0 atom stereocenters. The Kier molecular flexibility index (Phi) is 5.72. The molecule has 0 amide bonds. The quantitative estimate of drug-likeness (QED) is 0.0620. The van der Waals surface area contributed by atoms with Gasteiger partial charge in [-0.15, -0.1) is 11.3 Å². The molecule has 0 fully saturated rings. The maximum Gasteiger partial charge on any atom is 0.200 e. The maximum absolute atomic E-state index is 14.8. The van der Waals surface area contributed by atoms with Crippen LogP contribution in [0.15, 0.2) is 115 Å². The summed E-state index contributed by atoms with van der Waals surface area (Å²) in [6, 6.07) is 36.2. The number of para-hydroxylation sites is 2. The number of benzene rings is 5. The van der Waals surface area contributed by atoms with Crippen molar-refractivity contribution >= 4 is 45.4 Å². The fourth-order valence-corrected chi connectivity index (χ4v) is 8.69. The molecule has 0 bridgehead atoms. The number of ketones is 2. The third kappa shape index (κ3) is 3.45. The molecule has 1 aromatic heterocycles. The summed E-state index contributed by atoms with van der Waals surface area (Å²) in [4.78, 5) is 29.3. The van der Waals surface area contributed by atoms with E-state index in [2.05, 4.69) is 41.3 Å². The van der Waals surface area contributed by atoms with E-state index in [1.54, 1.807) is 0 Å². The van der Waals surface area contributed by atoms with Crippen LogP contribution < -0.4 is 4.90 Å². The van der Waals surface area contributed by atoms with E-state index in [0.717, 1.165) is 49.8 Å². The summed E-state index contributed by atoms with van der Waals surface area (Å²) in [6.45, 7) is 0. The topological polar surface area (TPSA) is 37.4 Å². The Morgan fingerprint density at radius 2 is 1.09 bits per heavy atom. The van der Waals surface area contributed by atoms with Crippen LogP contribution in [0.2, 0.25) is 0 Å². The molecule has 6 aromatic rings. The number of Topliss-reactive ketones (excluding diaryl/α,β-unsaturated/α-hetero) is 2. The molecule has 2 aliphatic carbocycles. The van der Waals surface area contributed by atoms with Crippen molar-refractivity contribution in [2.45, 2.75) is 5.41 Å². The Hall–Kier alpha value is -5.60. The van der Waals surface area contributed by atoms with Gasteiger partial charge in [-0.3, -0.25) is 9.59 Å². The fourth-order valence-electron chi connectivity index (χ4n) is 7.50. The van der Waals surface area contributed by atoms with Crippen LogP contribution >= 0.6 is 11.3 Å². The SMILES string of the molecule is O=C1C(=Cc2cc3c(s2)N(c2ccccc2)c2ccccc2C32c3ccccc3-c3ccccc32)C(=O)c2c(F)c(F)c(F)c(F)c21. The van der Waals surface area contributed by atoms with Crippen LogP contribution in [0.5, 0.6) is 0 Å². The lowest BCUT2D eigenvalue weighted by Crippen LogP contribution is -2.35. The van der Waals surface area contributed by atoms with Gasteiger partial charge in [-0.2, -0.15) is 0 Å². The summed E-state index contributed by atoms with van der Waals surface area (Å²) in [5.74, 6) is -10.4. The summed E-state index contributed by atoms with van der Waals surface area (Å²) >= 11 is 1.31. The maximum atomic E-state index is 14.8. The Bertz CT molecular complexity index is 2320. The van der Waals surface area contributed by atoms with Gasteiger partial charge in [0.25, 0.3) is 0 Å². The van der Waals surface area contributed by atoms with Gasteiger partial charge in [-0.1, -0.05) is 84.9 Å².